The van der Waals surface area contributed by atoms with Gasteiger partial charge in [-0.15, -0.1) is 0 Å². The molecule has 0 amide bonds. The minimum absolute atomic E-state index is 0.731. The van der Waals surface area contributed by atoms with Gasteiger partial charge in [0.2, 0.25) is 0 Å². The summed E-state index contributed by atoms with van der Waals surface area (Å²) in [4.78, 5) is 9.86. The molecule has 0 aromatic carbocycles. The molecule has 0 saturated carbocycles. The molecule has 1 aromatic rings. The zero-order valence-electron chi connectivity index (χ0n) is 5.69. The molecule has 0 saturated heterocycles. The minimum atomic E-state index is 0.731. The first-order valence-electron chi connectivity index (χ1n) is 2.94. The molecule has 10 heavy (non-hydrogen) atoms. The van der Waals surface area contributed by atoms with Crippen LogP contribution in [0.3, 0.4) is 0 Å². The molecular formula is C7H8N2O. The number of hydrogen-bond acceptors (Lipinski definition) is 2. The Hall–Kier alpha value is -1.38. The van der Waals surface area contributed by atoms with Crippen LogP contribution in [0.25, 0.3) is 6.08 Å². The van der Waals surface area contributed by atoms with Crippen LogP contribution in [0.1, 0.15) is 5.69 Å². The summed E-state index contributed by atoms with van der Waals surface area (Å²) in [5, 5.41) is 4.02. The number of hydrogen-bond donors (Lipinski definition) is 0. The molecule has 0 aliphatic rings. The summed E-state index contributed by atoms with van der Waals surface area (Å²) >= 11 is 0. The summed E-state index contributed by atoms with van der Waals surface area (Å²) < 4.78 is 1.68. The molecule has 52 valence electrons. The molecule has 1 rings (SSSR count). The second-order valence-corrected chi connectivity index (χ2v) is 1.91. The molecule has 0 unspecified atom stereocenters. The maximum absolute atomic E-state index is 9.86. The normalized spacial score (nSPS) is 10.5. The minimum Gasteiger partial charge on any atom is -0.299 e. The first kappa shape index (κ1) is 6.74. The predicted octanol–water partition coefficient (Wildman–Crippen LogP) is 0.632. The van der Waals surface area contributed by atoms with Crippen LogP contribution in [0.2, 0.25) is 0 Å². The lowest BCUT2D eigenvalue weighted by molar-refractivity contribution is -0.104. The third-order valence-electron chi connectivity index (χ3n) is 1.08. The van der Waals surface area contributed by atoms with Gasteiger partial charge in [0.1, 0.15) is 6.29 Å². The average molecular weight is 136 g/mol. The van der Waals surface area contributed by atoms with Crippen molar-refractivity contribution >= 4 is 12.4 Å². The highest BCUT2D eigenvalue weighted by atomic mass is 16.1. The van der Waals surface area contributed by atoms with Crippen LogP contribution in [0.15, 0.2) is 18.3 Å². The first-order chi connectivity index (χ1) is 4.83. The molecule has 3 heteroatoms. The maximum Gasteiger partial charge on any atom is 0.142 e. The second-order valence-electron chi connectivity index (χ2n) is 1.91. The van der Waals surface area contributed by atoms with Crippen LogP contribution in [0, 0.1) is 0 Å². The number of carbonyl (C=O) groups is 1. The van der Waals surface area contributed by atoms with Crippen LogP contribution < -0.4 is 0 Å². The Bertz CT molecular complexity index is 250. The molecule has 0 N–H and O–H groups in total. The summed E-state index contributed by atoms with van der Waals surface area (Å²) in [5.74, 6) is 0. The molecule has 1 aromatic heterocycles. The molecule has 0 fully saturated rings. The molecule has 0 aliphatic carbocycles. The standard InChI is InChI=1S/C7H8N2O/c1-9-5-4-7(8-9)3-2-6-10/h2-6H,1H3. The van der Waals surface area contributed by atoms with Gasteiger partial charge in [-0.2, -0.15) is 5.10 Å². The Labute approximate surface area is 59.0 Å². The van der Waals surface area contributed by atoms with Crippen molar-refractivity contribution in [3.8, 4) is 0 Å². The van der Waals surface area contributed by atoms with E-state index in [0.717, 1.165) is 12.0 Å². The van der Waals surface area contributed by atoms with Crippen molar-refractivity contribution in [2.45, 2.75) is 0 Å². The number of nitrogens with zero attached hydrogens (tertiary/aromatic N) is 2. The summed E-state index contributed by atoms with van der Waals surface area (Å²) in [6.45, 7) is 0. The van der Waals surface area contributed by atoms with Crippen LogP contribution >= 0.6 is 0 Å². The van der Waals surface area contributed by atoms with E-state index in [4.69, 9.17) is 0 Å². The molecular weight excluding hydrogens is 128 g/mol. The van der Waals surface area contributed by atoms with Crippen molar-refractivity contribution in [3.63, 3.8) is 0 Å². The molecule has 0 radical (unpaired) electrons. The highest BCUT2D eigenvalue weighted by Gasteiger charge is 1.87. The summed E-state index contributed by atoms with van der Waals surface area (Å²) in [5.41, 5.74) is 0.801. The van der Waals surface area contributed by atoms with E-state index in [1.165, 1.54) is 6.08 Å². The molecule has 0 bridgehead atoms. The maximum atomic E-state index is 9.86. The molecule has 0 spiro atoms. The van der Waals surface area contributed by atoms with Gasteiger partial charge in [-0.1, -0.05) is 0 Å². The van der Waals surface area contributed by atoms with Crippen LogP contribution in [0.5, 0.6) is 0 Å². The van der Waals surface area contributed by atoms with E-state index in [1.54, 1.807) is 10.8 Å². The highest BCUT2D eigenvalue weighted by Crippen LogP contribution is 1.94. The van der Waals surface area contributed by atoms with Crippen molar-refractivity contribution in [2.75, 3.05) is 0 Å². The smallest absolute Gasteiger partial charge is 0.142 e. The fourth-order valence-electron chi connectivity index (χ4n) is 0.660. The number of carbonyl (C=O) groups excluding carboxylic acids is 1. The van der Waals surface area contributed by atoms with Crippen molar-refractivity contribution in [1.82, 2.24) is 9.78 Å². The number of allylic oxidation sites excluding steroid dienone is 1. The fraction of sp³-hybridized carbons (Fsp3) is 0.143. The van der Waals surface area contributed by atoms with Crippen molar-refractivity contribution < 1.29 is 4.79 Å². The zero-order valence-corrected chi connectivity index (χ0v) is 5.69. The van der Waals surface area contributed by atoms with E-state index in [2.05, 4.69) is 5.10 Å². The van der Waals surface area contributed by atoms with Crippen LogP contribution in [-0.2, 0) is 11.8 Å². The zero-order chi connectivity index (χ0) is 7.40. The van der Waals surface area contributed by atoms with Gasteiger partial charge in [0, 0.05) is 13.2 Å². The van der Waals surface area contributed by atoms with Gasteiger partial charge >= 0.3 is 0 Å². The topological polar surface area (TPSA) is 34.9 Å². The van der Waals surface area contributed by atoms with E-state index in [-0.39, 0.29) is 0 Å². The quantitative estimate of drug-likeness (QED) is 0.441. The number of aromatic nitrogens is 2. The van der Waals surface area contributed by atoms with E-state index < -0.39 is 0 Å². The second kappa shape index (κ2) is 2.96. The number of aldehydes is 1. The Kier molecular flexibility index (Phi) is 1.99. The largest absolute Gasteiger partial charge is 0.299 e. The monoisotopic (exact) mass is 136 g/mol. The van der Waals surface area contributed by atoms with E-state index >= 15 is 0 Å². The van der Waals surface area contributed by atoms with Gasteiger partial charge < -0.3 is 0 Å². The molecule has 1 heterocycles. The van der Waals surface area contributed by atoms with Crippen LogP contribution in [-0.4, -0.2) is 16.1 Å². The Morgan fingerprint density at radius 2 is 2.50 bits per heavy atom. The number of aryl methyl sites for hydroxylation is 1. The van der Waals surface area contributed by atoms with Gasteiger partial charge in [-0.25, -0.2) is 0 Å². The van der Waals surface area contributed by atoms with Gasteiger partial charge in [-0.3, -0.25) is 9.48 Å². The van der Waals surface area contributed by atoms with Gasteiger partial charge in [0.05, 0.1) is 5.69 Å². The number of rotatable bonds is 2. The average Bonchev–Trinajstić information content (AvgIpc) is 2.31. The molecule has 0 atom stereocenters. The van der Waals surface area contributed by atoms with Crippen molar-refractivity contribution in [2.24, 2.45) is 7.05 Å². The lowest BCUT2D eigenvalue weighted by atomic mass is 10.4. The van der Waals surface area contributed by atoms with E-state index in [1.807, 2.05) is 19.3 Å². The third kappa shape index (κ3) is 1.55. The van der Waals surface area contributed by atoms with Gasteiger partial charge in [-0.05, 0) is 18.2 Å². The fourth-order valence-corrected chi connectivity index (χ4v) is 0.660. The Morgan fingerprint density at radius 3 is 3.00 bits per heavy atom. The third-order valence-corrected chi connectivity index (χ3v) is 1.08. The molecule has 3 nitrogen and oxygen atoms in total. The Morgan fingerprint density at radius 1 is 1.70 bits per heavy atom. The molecule has 0 aliphatic heterocycles. The lowest BCUT2D eigenvalue weighted by Gasteiger charge is -1.81. The van der Waals surface area contributed by atoms with Gasteiger partial charge in [0.25, 0.3) is 0 Å². The predicted molar refractivity (Wildman–Crippen MR) is 38.3 cm³/mol. The summed E-state index contributed by atoms with van der Waals surface area (Å²) in [7, 11) is 1.83. The SMILES string of the molecule is Cn1ccc(C=CC=O)n1. The highest BCUT2D eigenvalue weighted by molar-refractivity contribution is 5.72. The van der Waals surface area contributed by atoms with E-state index in [0.29, 0.717) is 0 Å². The van der Waals surface area contributed by atoms with Crippen molar-refractivity contribution in [1.29, 1.82) is 0 Å². The first-order valence-corrected chi connectivity index (χ1v) is 2.94. The summed E-state index contributed by atoms with van der Waals surface area (Å²) in [6, 6.07) is 1.83. The summed E-state index contributed by atoms with van der Waals surface area (Å²) in [6.07, 6.45) is 5.63. The Balaban J connectivity index is 2.75. The van der Waals surface area contributed by atoms with Gasteiger partial charge in [0.15, 0.2) is 0 Å². The van der Waals surface area contributed by atoms with E-state index in [9.17, 15) is 4.79 Å². The van der Waals surface area contributed by atoms with Crippen LogP contribution in [0.4, 0.5) is 0 Å². The van der Waals surface area contributed by atoms with Crippen molar-refractivity contribution in [3.05, 3.63) is 24.0 Å². The lowest BCUT2D eigenvalue weighted by Crippen LogP contribution is -1.86.